The van der Waals surface area contributed by atoms with Gasteiger partial charge >= 0.3 is 204 Å². The van der Waals surface area contributed by atoms with Crippen molar-refractivity contribution >= 4 is 95.8 Å². The molecule has 0 unspecified atom stereocenters. The average Bonchev–Trinajstić information content (AvgIpc) is 1.61. The van der Waals surface area contributed by atoms with E-state index in [1.54, 1.807) is 397 Å². The van der Waals surface area contributed by atoms with Crippen molar-refractivity contribution < 1.29 is 27.0 Å². The van der Waals surface area contributed by atoms with E-state index >= 15 is 0 Å². The Morgan fingerprint density at radius 2 is 0.448 bits per heavy atom. The monoisotopic (exact) mass is 1780 g/mol. The van der Waals surface area contributed by atoms with Crippen LogP contribution in [0.25, 0.3) is 5.57 Å². The van der Waals surface area contributed by atoms with Gasteiger partial charge in [0, 0.05) is 31.7 Å². The molecule has 0 amide bonds. The van der Waals surface area contributed by atoms with Gasteiger partial charge in [0.05, 0.1) is 67.9 Å². The quantitative estimate of drug-likeness (QED) is 0.0830. The number of benzene rings is 3. The number of allylic oxidation sites excluding steroid dienone is 1. The molecule has 0 aliphatic heterocycles. The van der Waals surface area contributed by atoms with Gasteiger partial charge in [0.1, 0.15) is 0 Å². The zero-order valence-electron chi connectivity index (χ0n) is 66.2. The van der Waals surface area contributed by atoms with Gasteiger partial charge in [-0.15, -0.1) is 0 Å². The molecular weight excluding hydrogens is 1630 g/mol. The third-order valence-corrected chi connectivity index (χ3v) is 54.8. The molecule has 105 heavy (non-hydrogen) atoms. The third kappa shape index (κ3) is 29.0. The van der Waals surface area contributed by atoms with E-state index in [0.717, 1.165) is 4.11 Å². The third-order valence-electron chi connectivity index (χ3n) is 28.9. The molecular formula is C94H152Cl4P4Ru2S+4. The normalized spacial score (nSPS) is 24.5. The molecule has 0 bridgehead atoms. The van der Waals surface area contributed by atoms with Gasteiger partial charge in [-0.3, -0.25) is 0 Å². The van der Waals surface area contributed by atoms with Gasteiger partial charge in [-0.2, -0.15) is 0 Å². The van der Waals surface area contributed by atoms with Crippen LogP contribution in [-0.4, -0.2) is 76.0 Å². The van der Waals surface area contributed by atoms with Gasteiger partial charge in [0.25, 0.3) is 0 Å². The number of fused-ring (bicyclic) bond motifs is 1. The van der Waals surface area contributed by atoms with Crippen molar-refractivity contribution in [2.45, 2.75) is 458 Å². The van der Waals surface area contributed by atoms with Gasteiger partial charge in [0.2, 0.25) is 0 Å². The zero-order chi connectivity index (χ0) is 72.3. The molecule has 13 aliphatic rings. The Labute approximate surface area is 682 Å². The SMILES string of the molecule is C1CCC([PH+](C2CCCCC2)C2CCCCC2)CC1.C1CCC([PH+](C2CCCCC2)C2CCCCC2)CC1.C1CCC([PH+](C2CCCCC2)C2CCCCC2)CC1.C1CCC([PH+](C2CCCCC2)C2CCCCC2)CC1.[Cl][Ru]([Cl])=[CH]Sc1ccccc1.[Cl][Ru]([Cl])=[C]1C=C(c2ccccc2)c2ccccc21. The number of thioether (sulfide) groups is 1. The molecule has 0 aromatic heterocycles. The maximum absolute atomic E-state index is 6.19. The first-order valence-electron chi connectivity index (χ1n) is 45.6. The summed E-state index contributed by atoms with van der Waals surface area (Å²) in [6.07, 6.45) is 97.3. The first-order valence-corrected chi connectivity index (χ1v) is 64.2. The molecule has 0 N–H and O–H groups in total. The molecule has 3 aromatic rings. The summed E-state index contributed by atoms with van der Waals surface area (Å²) in [4.78, 5) is 1.19. The van der Waals surface area contributed by atoms with Crippen LogP contribution in [0.5, 0.6) is 0 Å². The van der Waals surface area contributed by atoms with Crippen molar-refractivity contribution in [3.63, 3.8) is 0 Å². The van der Waals surface area contributed by atoms with E-state index in [1.165, 1.54) is 95.1 Å². The van der Waals surface area contributed by atoms with Gasteiger partial charge in [-0.25, -0.2) is 0 Å². The van der Waals surface area contributed by atoms with E-state index < -0.39 is 27.0 Å². The minimum absolute atomic E-state index is 0.0465. The number of hydrogen-bond donors (Lipinski definition) is 0. The van der Waals surface area contributed by atoms with Gasteiger partial charge in [-0.05, 0) is 308 Å². The molecule has 0 heterocycles. The van der Waals surface area contributed by atoms with Crippen LogP contribution < -0.4 is 0 Å². The van der Waals surface area contributed by atoms with Gasteiger partial charge in [0.15, 0.2) is 0 Å². The Morgan fingerprint density at radius 3 is 0.657 bits per heavy atom. The van der Waals surface area contributed by atoms with Crippen molar-refractivity contribution in [2.24, 2.45) is 0 Å². The Kier molecular flexibility index (Phi) is 42.4. The summed E-state index contributed by atoms with van der Waals surface area (Å²) >= 11 is -1.87. The van der Waals surface area contributed by atoms with Crippen LogP contribution in [0.1, 0.15) is 402 Å². The van der Waals surface area contributed by atoms with E-state index in [0.29, 0.717) is 0 Å². The van der Waals surface area contributed by atoms with Crippen molar-refractivity contribution in [2.75, 3.05) is 0 Å². The van der Waals surface area contributed by atoms with E-state index in [-0.39, 0.29) is 31.7 Å². The summed E-state index contributed by atoms with van der Waals surface area (Å²) in [5.41, 5.74) is 19.6. The Hall–Kier alpha value is 1.62. The van der Waals surface area contributed by atoms with E-state index in [4.69, 9.17) is 38.8 Å². The zero-order valence-corrected chi connectivity index (χ0v) is 77.5. The standard InChI is InChI=1S/4C18H33P.C15H10.C7H6S.4ClH.2Ru/c4*1-4-10-16(11-5-1)19(17-12-6-2-7-13-17)18-14-8-3-9-15-18;1-2-6-12(7-3-1)15-11-10-13-8-4-5-9-14(13)15;1-8-7-5-3-2-4-6-7;;;;;;/h4*16-18H,1-15H2;1-9,11H;1-6H;4*1H;;/q;;;;;;;;;;2*+2. The van der Waals surface area contributed by atoms with Crippen molar-refractivity contribution in [1.29, 1.82) is 0 Å². The molecule has 0 radical (unpaired) electrons. The maximum atomic E-state index is 6.19. The first-order chi connectivity index (χ1) is 51.9. The molecule has 13 aliphatic carbocycles. The van der Waals surface area contributed by atoms with Crippen molar-refractivity contribution in [3.8, 4) is 0 Å². The van der Waals surface area contributed by atoms with Gasteiger partial charge < -0.3 is 0 Å². The Morgan fingerprint density at radius 1 is 0.248 bits per heavy atom. The van der Waals surface area contributed by atoms with Crippen LogP contribution in [0.15, 0.2) is 95.9 Å². The predicted molar refractivity (Wildman–Crippen MR) is 482 cm³/mol. The molecule has 3 aromatic carbocycles. The second kappa shape index (κ2) is 51.0. The second-order valence-corrected chi connectivity index (χ2v) is 62.7. The summed E-state index contributed by atoms with van der Waals surface area (Å²) in [7, 11) is 23.5. The first kappa shape index (κ1) is 87.5. The van der Waals surface area contributed by atoms with Crippen LogP contribution in [0.2, 0.25) is 0 Å². The molecule has 12 fully saturated rings. The number of halogens is 4. The second-order valence-electron chi connectivity index (χ2n) is 35.7. The fourth-order valence-corrected chi connectivity index (χ4v) is 50.1. The molecule has 0 spiro atoms. The average molecular weight is 1780 g/mol. The fourth-order valence-electron chi connectivity index (χ4n) is 24.0. The molecule has 0 atom stereocenters. The van der Waals surface area contributed by atoms with Crippen LogP contribution in [0.3, 0.4) is 0 Å². The summed E-state index contributed by atoms with van der Waals surface area (Å²) in [6.45, 7) is 0. The minimum atomic E-state index is -1.88. The van der Waals surface area contributed by atoms with E-state index in [1.807, 2.05) is 58.5 Å². The van der Waals surface area contributed by atoms with E-state index in [9.17, 15) is 0 Å². The summed E-state index contributed by atoms with van der Waals surface area (Å²) in [6, 6.07) is 28.7. The van der Waals surface area contributed by atoms with Crippen LogP contribution in [-0.2, 0) is 27.0 Å². The van der Waals surface area contributed by atoms with Gasteiger partial charge in [-0.1, -0.05) is 77.0 Å². The summed E-state index contributed by atoms with van der Waals surface area (Å²) < 4.78 is 3.04. The topological polar surface area (TPSA) is 0 Å². The molecule has 16 rings (SSSR count). The predicted octanol–water partition coefficient (Wildman–Crippen LogP) is 32.8. The molecule has 12 saturated carbocycles. The van der Waals surface area contributed by atoms with Crippen molar-refractivity contribution in [1.82, 2.24) is 0 Å². The summed E-state index contributed by atoms with van der Waals surface area (Å²) in [5.74, 6) is 0. The molecule has 0 nitrogen and oxygen atoms in total. The van der Waals surface area contributed by atoms with E-state index in [2.05, 4.69) is 36.4 Å². The fraction of sp³-hybridized carbons (Fsp3) is 0.766. The molecule has 594 valence electrons. The molecule has 11 heteroatoms. The molecule has 0 saturated heterocycles. The van der Waals surface area contributed by atoms with Crippen LogP contribution in [0.4, 0.5) is 0 Å². The van der Waals surface area contributed by atoms with Crippen molar-refractivity contribution in [3.05, 3.63) is 108 Å². The number of hydrogen-bond acceptors (Lipinski definition) is 1. The number of rotatable bonds is 15. The summed E-state index contributed by atoms with van der Waals surface area (Å²) in [5, 5.41) is 0. The Balaban J connectivity index is 0.000000127. The Bertz CT molecular complexity index is 2480. The van der Waals surface area contributed by atoms with Crippen LogP contribution >= 0.6 is 82.2 Å². The van der Waals surface area contributed by atoms with Crippen LogP contribution in [0, 0.1) is 0 Å².